The average Bonchev–Trinajstić information content (AvgIpc) is 2.66. The van der Waals surface area contributed by atoms with E-state index in [-0.39, 0.29) is 18.7 Å². The van der Waals surface area contributed by atoms with Gasteiger partial charge in [-0.05, 0) is 24.3 Å². The van der Waals surface area contributed by atoms with Gasteiger partial charge in [-0.15, -0.1) is 0 Å². The molecule has 1 aromatic carbocycles. The van der Waals surface area contributed by atoms with E-state index < -0.39 is 23.8 Å². The maximum Gasteiger partial charge on any atom is 0.335 e. The minimum atomic E-state index is -1.07. The summed E-state index contributed by atoms with van der Waals surface area (Å²) in [6.07, 6.45) is 0. The highest BCUT2D eigenvalue weighted by Gasteiger charge is 2.34. The summed E-state index contributed by atoms with van der Waals surface area (Å²) in [4.78, 5) is 47.7. The van der Waals surface area contributed by atoms with Crippen LogP contribution in [0.15, 0.2) is 24.3 Å². The first-order valence-corrected chi connectivity index (χ1v) is 6.07. The Labute approximate surface area is 119 Å². The molecule has 1 heterocycles. The van der Waals surface area contributed by atoms with Crippen LogP contribution >= 0.6 is 0 Å². The zero-order valence-corrected chi connectivity index (χ0v) is 11.2. The van der Waals surface area contributed by atoms with Gasteiger partial charge in [0, 0.05) is 12.7 Å². The number of likely N-dealkylation sites (N-methyl/N-ethyl adjacent to an activating group) is 1. The first-order valence-electron chi connectivity index (χ1n) is 6.07. The number of hydrogen-bond acceptors (Lipinski definition) is 4. The molecule has 0 unspecified atom stereocenters. The highest BCUT2D eigenvalue weighted by atomic mass is 16.4. The van der Waals surface area contributed by atoms with Crippen LogP contribution in [0.1, 0.15) is 10.4 Å². The largest absolute Gasteiger partial charge is 0.478 e. The number of anilines is 1. The van der Waals surface area contributed by atoms with Crippen LogP contribution < -0.4 is 5.32 Å². The molecule has 0 bridgehead atoms. The van der Waals surface area contributed by atoms with Gasteiger partial charge in [0.25, 0.3) is 5.91 Å². The number of carbonyl (C=O) groups is 4. The first kappa shape index (κ1) is 14.5. The maximum atomic E-state index is 11.8. The molecule has 1 aromatic rings. The molecule has 4 amide bonds. The van der Waals surface area contributed by atoms with E-state index >= 15 is 0 Å². The fraction of sp³-hybridized carbons (Fsp3) is 0.231. The predicted molar refractivity (Wildman–Crippen MR) is 71.8 cm³/mol. The predicted octanol–water partition coefficient (Wildman–Crippen LogP) is 0.217. The normalized spacial score (nSPS) is 14.5. The van der Waals surface area contributed by atoms with Crippen molar-refractivity contribution in [3.63, 3.8) is 0 Å². The monoisotopic (exact) mass is 291 g/mol. The second-order valence-electron chi connectivity index (χ2n) is 4.55. The lowest BCUT2D eigenvalue weighted by Gasteiger charge is -2.13. The van der Waals surface area contributed by atoms with Crippen LogP contribution in [0.2, 0.25) is 0 Å². The molecule has 2 N–H and O–H groups in total. The minimum Gasteiger partial charge on any atom is -0.478 e. The van der Waals surface area contributed by atoms with Gasteiger partial charge in [0.2, 0.25) is 5.91 Å². The SMILES string of the molecule is CN1CC(=O)N(CC(=O)Nc2ccc(C(=O)O)cc2)C1=O. The number of carboxylic acid groups (broad SMARTS) is 1. The van der Waals surface area contributed by atoms with Crippen LogP contribution in [0, 0.1) is 0 Å². The van der Waals surface area contributed by atoms with Gasteiger partial charge in [0.1, 0.15) is 13.1 Å². The van der Waals surface area contributed by atoms with E-state index in [0.717, 1.165) is 4.90 Å². The Hall–Kier alpha value is -2.90. The number of aromatic carboxylic acids is 1. The molecule has 110 valence electrons. The van der Waals surface area contributed by atoms with Gasteiger partial charge in [-0.1, -0.05) is 0 Å². The lowest BCUT2D eigenvalue weighted by atomic mass is 10.2. The maximum absolute atomic E-state index is 11.8. The van der Waals surface area contributed by atoms with Crippen molar-refractivity contribution >= 4 is 29.5 Å². The number of hydrogen-bond donors (Lipinski definition) is 2. The molecule has 0 radical (unpaired) electrons. The number of nitrogens with zero attached hydrogens (tertiary/aromatic N) is 2. The summed E-state index contributed by atoms with van der Waals surface area (Å²) in [6, 6.07) is 5.04. The molecule has 0 aromatic heterocycles. The second-order valence-corrected chi connectivity index (χ2v) is 4.55. The van der Waals surface area contributed by atoms with Crippen molar-refractivity contribution in [3.8, 4) is 0 Å². The fourth-order valence-corrected chi connectivity index (χ4v) is 1.86. The molecule has 2 rings (SSSR count). The summed E-state index contributed by atoms with van der Waals surface area (Å²) in [5.74, 6) is -2.03. The van der Waals surface area contributed by atoms with Crippen molar-refractivity contribution in [1.82, 2.24) is 9.80 Å². The quantitative estimate of drug-likeness (QED) is 0.771. The van der Waals surface area contributed by atoms with Crippen molar-refractivity contribution < 1.29 is 24.3 Å². The average molecular weight is 291 g/mol. The third-order valence-corrected chi connectivity index (χ3v) is 2.95. The van der Waals surface area contributed by atoms with Gasteiger partial charge in [0.05, 0.1) is 5.56 Å². The van der Waals surface area contributed by atoms with E-state index in [1.54, 1.807) is 0 Å². The Morgan fingerprint density at radius 1 is 1.24 bits per heavy atom. The summed E-state index contributed by atoms with van der Waals surface area (Å²) < 4.78 is 0. The lowest BCUT2D eigenvalue weighted by Crippen LogP contribution is -2.38. The molecular formula is C13H13N3O5. The van der Waals surface area contributed by atoms with Crippen LogP contribution in [0.25, 0.3) is 0 Å². The van der Waals surface area contributed by atoms with Crippen LogP contribution in [0.3, 0.4) is 0 Å². The number of urea groups is 1. The fourth-order valence-electron chi connectivity index (χ4n) is 1.86. The molecule has 1 aliphatic heterocycles. The van der Waals surface area contributed by atoms with Crippen molar-refractivity contribution in [1.29, 1.82) is 0 Å². The van der Waals surface area contributed by atoms with Crippen molar-refractivity contribution in [2.24, 2.45) is 0 Å². The zero-order chi connectivity index (χ0) is 15.6. The molecule has 1 fully saturated rings. The molecule has 0 atom stereocenters. The van der Waals surface area contributed by atoms with Crippen LogP contribution in [-0.2, 0) is 9.59 Å². The van der Waals surface area contributed by atoms with Crippen LogP contribution in [0.5, 0.6) is 0 Å². The van der Waals surface area contributed by atoms with Gasteiger partial charge in [0.15, 0.2) is 0 Å². The highest BCUT2D eigenvalue weighted by Crippen LogP contribution is 2.11. The Bertz CT molecular complexity index is 611. The van der Waals surface area contributed by atoms with Gasteiger partial charge in [-0.25, -0.2) is 9.59 Å². The minimum absolute atomic E-state index is 0.0422. The molecule has 8 heteroatoms. The standard InChI is InChI=1S/C13H13N3O5/c1-15-7-11(18)16(13(15)21)6-10(17)14-9-4-2-8(3-5-9)12(19)20/h2-5H,6-7H2,1H3,(H,14,17)(H,19,20). The molecule has 8 nitrogen and oxygen atoms in total. The molecule has 1 saturated heterocycles. The smallest absolute Gasteiger partial charge is 0.335 e. The molecule has 0 saturated carbocycles. The number of imide groups is 1. The van der Waals surface area contributed by atoms with Gasteiger partial charge in [-0.3, -0.25) is 14.5 Å². The number of carboxylic acids is 1. The molecular weight excluding hydrogens is 278 g/mol. The second kappa shape index (κ2) is 5.61. The summed E-state index contributed by atoms with van der Waals surface area (Å²) in [5.41, 5.74) is 0.483. The van der Waals surface area contributed by atoms with E-state index in [1.807, 2.05) is 0 Å². The Balaban J connectivity index is 1.97. The van der Waals surface area contributed by atoms with E-state index in [9.17, 15) is 19.2 Å². The van der Waals surface area contributed by atoms with Gasteiger partial charge in [-0.2, -0.15) is 0 Å². The Morgan fingerprint density at radius 3 is 2.33 bits per heavy atom. The summed E-state index contributed by atoms with van der Waals surface area (Å²) in [7, 11) is 1.47. The number of nitrogens with one attached hydrogen (secondary N) is 1. The van der Waals surface area contributed by atoms with Crippen molar-refractivity contribution in [2.75, 3.05) is 25.5 Å². The van der Waals surface area contributed by atoms with E-state index in [0.29, 0.717) is 5.69 Å². The van der Waals surface area contributed by atoms with Gasteiger partial charge < -0.3 is 15.3 Å². The number of rotatable bonds is 4. The summed E-state index contributed by atoms with van der Waals surface area (Å²) >= 11 is 0. The van der Waals surface area contributed by atoms with Crippen molar-refractivity contribution in [2.45, 2.75) is 0 Å². The molecule has 0 spiro atoms. The van der Waals surface area contributed by atoms with E-state index in [4.69, 9.17) is 5.11 Å². The topological polar surface area (TPSA) is 107 Å². The van der Waals surface area contributed by atoms with Crippen LogP contribution in [-0.4, -0.2) is 58.9 Å². The van der Waals surface area contributed by atoms with Crippen molar-refractivity contribution in [3.05, 3.63) is 29.8 Å². The number of amides is 4. The van der Waals surface area contributed by atoms with E-state index in [2.05, 4.69) is 5.32 Å². The summed E-state index contributed by atoms with van der Waals surface area (Å²) in [5, 5.41) is 11.3. The number of benzene rings is 1. The van der Waals surface area contributed by atoms with Crippen LogP contribution in [0.4, 0.5) is 10.5 Å². The Kier molecular flexibility index (Phi) is 3.88. The van der Waals surface area contributed by atoms with Gasteiger partial charge >= 0.3 is 12.0 Å². The number of carbonyl (C=O) groups excluding carboxylic acids is 3. The first-order chi connectivity index (χ1) is 9.88. The zero-order valence-electron chi connectivity index (χ0n) is 11.2. The highest BCUT2D eigenvalue weighted by molar-refractivity contribution is 6.06. The molecule has 21 heavy (non-hydrogen) atoms. The van der Waals surface area contributed by atoms with E-state index in [1.165, 1.54) is 36.2 Å². The Morgan fingerprint density at radius 2 is 1.86 bits per heavy atom. The third kappa shape index (κ3) is 3.16. The molecule has 1 aliphatic rings. The third-order valence-electron chi connectivity index (χ3n) is 2.95. The summed E-state index contributed by atoms with van der Waals surface area (Å²) in [6.45, 7) is -0.415. The lowest BCUT2D eigenvalue weighted by molar-refractivity contribution is -0.129. The molecule has 0 aliphatic carbocycles.